The molecule has 0 unspecified atom stereocenters. The van der Waals surface area contributed by atoms with E-state index >= 15 is 0 Å². The number of carbonyl (C=O) groups is 2. The van der Waals surface area contributed by atoms with Crippen molar-refractivity contribution in [1.29, 1.82) is 0 Å². The molecule has 1 aliphatic carbocycles. The Kier molecular flexibility index (Phi) is 4.89. The van der Waals surface area contributed by atoms with E-state index in [0.29, 0.717) is 33.7 Å². The van der Waals surface area contributed by atoms with Crippen LogP contribution < -0.4 is 16.0 Å². The van der Waals surface area contributed by atoms with Gasteiger partial charge in [-0.25, -0.2) is 14.8 Å². The number of aromatic nitrogens is 4. The Morgan fingerprint density at radius 3 is 2.66 bits per heavy atom. The van der Waals surface area contributed by atoms with E-state index in [-0.39, 0.29) is 11.9 Å². The van der Waals surface area contributed by atoms with E-state index in [0.717, 1.165) is 12.8 Å². The molecule has 1 aromatic carbocycles. The van der Waals surface area contributed by atoms with E-state index in [1.54, 1.807) is 36.4 Å². The first-order valence-corrected chi connectivity index (χ1v) is 9.33. The minimum atomic E-state index is -0.538. The molecule has 10 heteroatoms. The number of urea groups is 1. The van der Waals surface area contributed by atoms with Crippen LogP contribution in [-0.4, -0.2) is 32.1 Å². The zero-order valence-corrected chi connectivity index (χ0v) is 16.2. The molecule has 4 N–H and O–H groups in total. The van der Waals surface area contributed by atoms with Crippen molar-refractivity contribution in [3.05, 3.63) is 64.8 Å². The number of amides is 3. The van der Waals surface area contributed by atoms with Gasteiger partial charge < -0.3 is 16.0 Å². The zero-order valence-electron chi connectivity index (χ0n) is 15.5. The summed E-state index contributed by atoms with van der Waals surface area (Å²) < 4.78 is 0. The van der Waals surface area contributed by atoms with Crippen molar-refractivity contribution in [3.63, 3.8) is 0 Å². The molecule has 0 atom stereocenters. The lowest BCUT2D eigenvalue weighted by Crippen LogP contribution is -2.38. The van der Waals surface area contributed by atoms with Crippen molar-refractivity contribution in [2.75, 3.05) is 10.6 Å². The third-order valence-corrected chi connectivity index (χ3v) is 4.70. The van der Waals surface area contributed by atoms with E-state index in [9.17, 15) is 9.59 Å². The topological polar surface area (TPSA) is 125 Å². The average molecular weight is 412 g/mol. The van der Waals surface area contributed by atoms with E-state index < -0.39 is 5.54 Å². The Bertz CT molecular complexity index is 1060. The quantitative estimate of drug-likeness (QED) is 0.513. The molecule has 0 spiro atoms. The molecule has 2 aromatic heterocycles. The number of halogens is 1. The lowest BCUT2D eigenvalue weighted by atomic mass is 10.2. The number of nitrogens with one attached hydrogen (secondary N) is 4. The first kappa shape index (κ1) is 18.9. The highest BCUT2D eigenvalue weighted by molar-refractivity contribution is 6.30. The number of rotatable bonds is 5. The van der Waals surface area contributed by atoms with Crippen molar-refractivity contribution in [2.45, 2.75) is 25.3 Å². The van der Waals surface area contributed by atoms with E-state index in [1.165, 1.54) is 6.20 Å². The fraction of sp³-hybridized carbons (Fsp3) is 0.211. The predicted octanol–water partition coefficient (Wildman–Crippen LogP) is 3.22. The van der Waals surface area contributed by atoms with Gasteiger partial charge in [0.25, 0.3) is 5.91 Å². The van der Waals surface area contributed by atoms with Crippen LogP contribution >= 0.6 is 11.6 Å². The van der Waals surface area contributed by atoms with Crippen molar-refractivity contribution < 1.29 is 9.59 Å². The summed E-state index contributed by atoms with van der Waals surface area (Å²) in [5.41, 5.74) is 0.329. The molecule has 1 aliphatic rings. The standard InChI is InChI=1S/C19H18ClN7O2/c1-11-22-17(27-26-11)19(7-8-19)25-18(29)23-14-4-2-3-12(9-14)16(28)24-15-6-5-13(20)10-21-15/h2-6,9-10H,7-8H2,1H3,(H,21,24,28)(H,22,26,27)(H2,23,25,29). The molecule has 3 amide bonds. The Hall–Kier alpha value is -3.46. The molecule has 3 aromatic rings. The van der Waals surface area contributed by atoms with Gasteiger partial charge in [-0.05, 0) is 50.1 Å². The molecule has 148 valence electrons. The van der Waals surface area contributed by atoms with Crippen LogP contribution in [0.2, 0.25) is 5.02 Å². The molecule has 1 fully saturated rings. The number of benzene rings is 1. The second-order valence-electron chi connectivity index (χ2n) is 6.80. The molecule has 29 heavy (non-hydrogen) atoms. The van der Waals surface area contributed by atoms with Crippen LogP contribution in [0.5, 0.6) is 0 Å². The van der Waals surface area contributed by atoms with Gasteiger partial charge in [-0.1, -0.05) is 17.7 Å². The third kappa shape index (κ3) is 4.35. The lowest BCUT2D eigenvalue weighted by Gasteiger charge is -2.15. The zero-order chi connectivity index (χ0) is 20.4. The van der Waals surface area contributed by atoms with Gasteiger partial charge in [0.15, 0.2) is 5.82 Å². The summed E-state index contributed by atoms with van der Waals surface area (Å²) >= 11 is 5.79. The van der Waals surface area contributed by atoms with Crippen LogP contribution in [0.15, 0.2) is 42.6 Å². The molecular weight excluding hydrogens is 394 g/mol. The van der Waals surface area contributed by atoms with E-state index in [1.807, 2.05) is 6.92 Å². The maximum atomic E-state index is 12.4. The summed E-state index contributed by atoms with van der Waals surface area (Å²) in [6, 6.07) is 9.47. The van der Waals surface area contributed by atoms with Crippen LogP contribution in [0, 0.1) is 6.92 Å². The molecule has 0 aliphatic heterocycles. The molecule has 0 saturated heterocycles. The molecular formula is C19H18ClN7O2. The summed E-state index contributed by atoms with van der Waals surface area (Å²) in [6.45, 7) is 1.81. The Balaban J connectivity index is 1.40. The van der Waals surface area contributed by atoms with Gasteiger partial charge in [0.1, 0.15) is 17.2 Å². The number of aryl methyl sites for hydroxylation is 1. The Labute approximate surface area is 171 Å². The normalized spacial score (nSPS) is 14.1. The number of H-pyrrole nitrogens is 1. The highest BCUT2D eigenvalue weighted by Gasteiger charge is 2.49. The van der Waals surface area contributed by atoms with Gasteiger partial charge >= 0.3 is 6.03 Å². The molecule has 9 nitrogen and oxygen atoms in total. The molecule has 2 heterocycles. The van der Waals surface area contributed by atoms with Gasteiger partial charge in [0.05, 0.1) is 5.02 Å². The third-order valence-electron chi connectivity index (χ3n) is 4.48. The van der Waals surface area contributed by atoms with Crippen molar-refractivity contribution in [3.8, 4) is 0 Å². The first-order valence-electron chi connectivity index (χ1n) is 8.95. The highest BCUT2D eigenvalue weighted by atomic mass is 35.5. The average Bonchev–Trinajstić information content (AvgIpc) is 3.33. The highest BCUT2D eigenvalue weighted by Crippen LogP contribution is 2.43. The number of pyridine rings is 1. The fourth-order valence-corrected chi connectivity index (χ4v) is 2.95. The smallest absolute Gasteiger partial charge is 0.320 e. The van der Waals surface area contributed by atoms with Crippen LogP contribution in [0.25, 0.3) is 0 Å². The van der Waals surface area contributed by atoms with Gasteiger partial charge in [0, 0.05) is 17.4 Å². The number of hydrogen-bond donors (Lipinski definition) is 4. The van der Waals surface area contributed by atoms with Crippen LogP contribution in [-0.2, 0) is 5.54 Å². The summed E-state index contributed by atoms with van der Waals surface area (Å²) in [4.78, 5) is 33.2. The summed E-state index contributed by atoms with van der Waals surface area (Å²) in [7, 11) is 0. The van der Waals surface area contributed by atoms with Crippen LogP contribution in [0.1, 0.15) is 34.8 Å². The first-order chi connectivity index (χ1) is 13.9. The van der Waals surface area contributed by atoms with E-state index in [4.69, 9.17) is 11.6 Å². The monoisotopic (exact) mass is 411 g/mol. The molecule has 0 radical (unpaired) electrons. The summed E-state index contributed by atoms with van der Waals surface area (Å²) in [5.74, 6) is 1.31. The number of carbonyl (C=O) groups excluding carboxylic acids is 2. The Morgan fingerprint density at radius 2 is 2.00 bits per heavy atom. The molecule has 4 rings (SSSR count). The minimum absolute atomic E-state index is 0.348. The van der Waals surface area contributed by atoms with Crippen molar-refractivity contribution >= 4 is 35.0 Å². The van der Waals surface area contributed by atoms with Gasteiger partial charge in [0.2, 0.25) is 0 Å². The Morgan fingerprint density at radius 1 is 1.17 bits per heavy atom. The number of nitrogens with zero attached hydrogens (tertiary/aromatic N) is 3. The summed E-state index contributed by atoms with van der Waals surface area (Å²) in [6.07, 6.45) is 2.99. The van der Waals surface area contributed by atoms with Gasteiger partial charge in [-0.2, -0.15) is 5.10 Å². The molecule has 0 bridgehead atoms. The van der Waals surface area contributed by atoms with Gasteiger partial charge in [-0.15, -0.1) is 0 Å². The summed E-state index contributed by atoms with van der Waals surface area (Å²) in [5, 5.41) is 15.8. The van der Waals surface area contributed by atoms with Gasteiger partial charge in [-0.3, -0.25) is 9.89 Å². The maximum Gasteiger partial charge on any atom is 0.320 e. The largest absolute Gasteiger partial charge is 0.325 e. The number of aromatic amines is 1. The van der Waals surface area contributed by atoms with Crippen molar-refractivity contribution in [1.82, 2.24) is 25.5 Å². The number of hydrogen-bond acceptors (Lipinski definition) is 5. The SMILES string of the molecule is Cc1nc(C2(NC(=O)Nc3cccc(C(=O)Nc4ccc(Cl)cn4)c3)CC2)n[nH]1. The molecule has 1 saturated carbocycles. The van der Waals surface area contributed by atoms with Crippen molar-refractivity contribution in [2.24, 2.45) is 0 Å². The minimum Gasteiger partial charge on any atom is -0.325 e. The maximum absolute atomic E-state index is 12.4. The predicted molar refractivity (Wildman–Crippen MR) is 108 cm³/mol. The van der Waals surface area contributed by atoms with Crippen LogP contribution in [0.4, 0.5) is 16.3 Å². The van der Waals surface area contributed by atoms with Crippen LogP contribution in [0.3, 0.4) is 0 Å². The number of anilines is 2. The lowest BCUT2D eigenvalue weighted by molar-refractivity contribution is 0.102. The fourth-order valence-electron chi connectivity index (χ4n) is 2.84. The van der Waals surface area contributed by atoms with E-state index in [2.05, 4.69) is 36.1 Å². The second-order valence-corrected chi connectivity index (χ2v) is 7.24. The second kappa shape index (κ2) is 7.51.